The van der Waals surface area contributed by atoms with Gasteiger partial charge in [-0.15, -0.1) is 10.2 Å². The molecule has 4 rings (SSSR count). The van der Waals surface area contributed by atoms with Crippen molar-refractivity contribution >= 4 is 28.4 Å². The Labute approximate surface area is 136 Å². The third kappa shape index (κ3) is 2.63. The number of hydrogen-bond donors (Lipinski definition) is 1. The van der Waals surface area contributed by atoms with Crippen molar-refractivity contribution in [3.8, 4) is 0 Å². The summed E-state index contributed by atoms with van der Waals surface area (Å²) in [6.45, 7) is 0.333. The summed E-state index contributed by atoms with van der Waals surface area (Å²) in [5, 5.41) is 17.3. The van der Waals surface area contributed by atoms with Gasteiger partial charge in [0.2, 0.25) is 5.91 Å². The number of furan rings is 1. The van der Waals surface area contributed by atoms with Gasteiger partial charge in [0.05, 0.1) is 19.0 Å². The molecular weight excluding hydrogens is 306 g/mol. The Morgan fingerprint density at radius 1 is 1.21 bits per heavy atom. The van der Waals surface area contributed by atoms with Gasteiger partial charge in [0.25, 0.3) is 0 Å². The second-order valence-electron chi connectivity index (χ2n) is 5.16. The van der Waals surface area contributed by atoms with Crippen molar-refractivity contribution in [2.45, 2.75) is 6.54 Å². The van der Waals surface area contributed by atoms with Crippen molar-refractivity contribution in [2.24, 2.45) is 0 Å². The smallest absolute Gasteiger partial charge is 0.244 e. The average Bonchev–Trinajstić information content (AvgIpc) is 3.27. The van der Waals surface area contributed by atoms with E-state index in [4.69, 9.17) is 4.42 Å². The van der Waals surface area contributed by atoms with Crippen molar-refractivity contribution < 1.29 is 9.21 Å². The molecule has 7 heteroatoms. The topological polar surface area (TPSA) is 85.3 Å². The number of nitrogens with zero attached hydrogens (tertiary/aromatic N) is 4. The molecule has 3 heterocycles. The molecule has 0 fully saturated rings. The van der Waals surface area contributed by atoms with E-state index >= 15 is 0 Å². The Kier molecular flexibility index (Phi) is 3.51. The highest BCUT2D eigenvalue weighted by Crippen LogP contribution is 2.17. The summed E-state index contributed by atoms with van der Waals surface area (Å²) in [4.78, 5) is 11.9. The maximum absolute atomic E-state index is 11.9. The number of carbonyl (C=O) groups excluding carboxylic acids is 1. The monoisotopic (exact) mass is 319 g/mol. The number of nitrogens with one attached hydrogen (secondary N) is 1. The van der Waals surface area contributed by atoms with E-state index in [0.29, 0.717) is 23.8 Å². The van der Waals surface area contributed by atoms with Crippen LogP contribution in [0.25, 0.3) is 22.5 Å². The van der Waals surface area contributed by atoms with E-state index in [1.807, 2.05) is 24.3 Å². The average molecular weight is 319 g/mol. The normalized spacial score (nSPS) is 11.5. The molecule has 0 aliphatic heterocycles. The number of carbonyl (C=O) groups is 1. The molecule has 0 aliphatic rings. The molecular formula is C17H13N5O2. The Morgan fingerprint density at radius 2 is 2.12 bits per heavy atom. The summed E-state index contributed by atoms with van der Waals surface area (Å²) in [6.07, 6.45) is 6.30. The molecule has 0 radical (unpaired) electrons. The van der Waals surface area contributed by atoms with Crippen molar-refractivity contribution in [1.82, 2.24) is 25.1 Å². The third-order valence-electron chi connectivity index (χ3n) is 3.58. The van der Waals surface area contributed by atoms with Gasteiger partial charge in [-0.25, -0.2) is 0 Å². The maximum atomic E-state index is 11.9. The van der Waals surface area contributed by atoms with E-state index in [1.165, 1.54) is 6.08 Å². The van der Waals surface area contributed by atoms with Gasteiger partial charge in [0, 0.05) is 16.8 Å². The summed E-state index contributed by atoms with van der Waals surface area (Å²) < 4.78 is 6.77. The number of benzene rings is 1. The molecule has 1 aromatic carbocycles. The van der Waals surface area contributed by atoms with Gasteiger partial charge in [-0.3, -0.25) is 4.79 Å². The maximum Gasteiger partial charge on any atom is 0.244 e. The summed E-state index contributed by atoms with van der Waals surface area (Å²) in [7, 11) is 0. The molecule has 0 spiro atoms. The van der Waals surface area contributed by atoms with Crippen LogP contribution >= 0.6 is 0 Å². The molecule has 4 aromatic rings. The summed E-state index contributed by atoms with van der Waals surface area (Å²) in [6, 6.07) is 11.4. The molecule has 3 aromatic heterocycles. The zero-order chi connectivity index (χ0) is 16.4. The zero-order valence-corrected chi connectivity index (χ0v) is 12.6. The number of hydrogen-bond acceptors (Lipinski definition) is 5. The van der Waals surface area contributed by atoms with Crippen molar-refractivity contribution in [3.05, 3.63) is 66.5 Å². The molecule has 1 N–H and O–H groups in total. The fourth-order valence-electron chi connectivity index (χ4n) is 2.41. The molecule has 0 unspecified atom stereocenters. The minimum atomic E-state index is -0.246. The fourth-order valence-corrected chi connectivity index (χ4v) is 2.41. The van der Waals surface area contributed by atoms with Crippen LogP contribution in [0.2, 0.25) is 0 Å². The Hall–Kier alpha value is -3.48. The van der Waals surface area contributed by atoms with Crippen molar-refractivity contribution in [3.63, 3.8) is 0 Å². The lowest BCUT2D eigenvalue weighted by atomic mass is 10.2. The van der Waals surface area contributed by atoms with Crippen LogP contribution in [-0.2, 0) is 11.3 Å². The molecule has 118 valence electrons. The lowest BCUT2D eigenvalue weighted by Crippen LogP contribution is -2.19. The summed E-state index contributed by atoms with van der Waals surface area (Å²) in [5.41, 5.74) is 0.656. The molecule has 1 amide bonds. The van der Waals surface area contributed by atoms with E-state index < -0.39 is 0 Å². The molecule has 7 nitrogen and oxygen atoms in total. The molecule has 0 aliphatic carbocycles. The first-order chi connectivity index (χ1) is 11.8. The minimum Gasteiger partial charge on any atom is -0.467 e. The highest BCUT2D eigenvalue weighted by molar-refractivity contribution is 5.94. The van der Waals surface area contributed by atoms with E-state index in [2.05, 4.69) is 20.6 Å². The first-order valence-electron chi connectivity index (χ1n) is 7.39. The highest BCUT2D eigenvalue weighted by Gasteiger charge is 2.08. The van der Waals surface area contributed by atoms with Crippen LogP contribution in [-0.4, -0.2) is 25.7 Å². The van der Waals surface area contributed by atoms with E-state index in [1.54, 1.807) is 35.2 Å². The second-order valence-corrected chi connectivity index (χ2v) is 5.16. The van der Waals surface area contributed by atoms with Crippen molar-refractivity contribution in [2.75, 3.05) is 0 Å². The van der Waals surface area contributed by atoms with Crippen LogP contribution < -0.4 is 5.32 Å². The summed E-state index contributed by atoms with van der Waals surface area (Å²) >= 11 is 0. The quantitative estimate of drug-likeness (QED) is 0.583. The van der Waals surface area contributed by atoms with Gasteiger partial charge >= 0.3 is 0 Å². The second kappa shape index (κ2) is 5.96. The lowest BCUT2D eigenvalue weighted by Gasteiger charge is -1.99. The lowest BCUT2D eigenvalue weighted by molar-refractivity contribution is -0.116. The first kappa shape index (κ1) is 14.1. The summed E-state index contributed by atoms with van der Waals surface area (Å²) in [5.74, 6) is 0.936. The number of fused-ring (bicyclic) bond motifs is 3. The van der Waals surface area contributed by atoms with Crippen LogP contribution in [0.3, 0.4) is 0 Å². The molecule has 0 saturated carbocycles. The molecule has 24 heavy (non-hydrogen) atoms. The van der Waals surface area contributed by atoms with Crippen LogP contribution in [0, 0.1) is 0 Å². The minimum absolute atomic E-state index is 0.246. The van der Waals surface area contributed by atoms with E-state index in [9.17, 15) is 4.79 Å². The predicted molar refractivity (Wildman–Crippen MR) is 87.9 cm³/mol. The van der Waals surface area contributed by atoms with Gasteiger partial charge < -0.3 is 9.73 Å². The SMILES string of the molecule is O=C(C=Cc1nnc2c3ccccc3cnn12)NCc1ccco1. The molecule has 0 bridgehead atoms. The Bertz CT molecular complexity index is 1030. The number of aromatic nitrogens is 4. The van der Waals surface area contributed by atoms with Crippen LogP contribution in [0.5, 0.6) is 0 Å². The van der Waals surface area contributed by atoms with Gasteiger partial charge in [-0.1, -0.05) is 24.3 Å². The molecule has 0 atom stereocenters. The van der Waals surface area contributed by atoms with Crippen LogP contribution in [0.1, 0.15) is 11.6 Å². The third-order valence-corrected chi connectivity index (χ3v) is 3.58. The molecule has 0 saturated heterocycles. The standard InChI is InChI=1S/C17H13N5O2/c23-16(18-11-13-5-3-9-24-13)8-7-15-20-21-17-14-6-2-1-4-12(14)10-19-22(15)17/h1-10H,11H2,(H,18,23). The highest BCUT2D eigenvalue weighted by atomic mass is 16.3. The van der Waals surface area contributed by atoms with Gasteiger partial charge in [-0.05, 0) is 18.2 Å². The van der Waals surface area contributed by atoms with E-state index in [-0.39, 0.29) is 5.91 Å². The number of rotatable bonds is 4. The zero-order valence-electron chi connectivity index (χ0n) is 12.6. The Balaban J connectivity index is 1.56. The first-order valence-corrected chi connectivity index (χ1v) is 7.39. The van der Waals surface area contributed by atoms with E-state index in [0.717, 1.165) is 10.8 Å². The predicted octanol–water partition coefficient (Wildman–Crippen LogP) is 2.20. The van der Waals surface area contributed by atoms with Gasteiger partial charge in [-0.2, -0.15) is 9.61 Å². The van der Waals surface area contributed by atoms with Crippen LogP contribution in [0.4, 0.5) is 0 Å². The number of amides is 1. The van der Waals surface area contributed by atoms with Crippen molar-refractivity contribution in [1.29, 1.82) is 0 Å². The van der Waals surface area contributed by atoms with Crippen LogP contribution in [0.15, 0.2) is 59.4 Å². The van der Waals surface area contributed by atoms with Gasteiger partial charge in [0.1, 0.15) is 5.76 Å². The Morgan fingerprint density at radius 3 is 3.00 bits per heavy atom. The van der Waals surface area contributed by atoms with Gasteiger partial charge in [0.15, 0.2) is 11.5 Å². The fraction of sp³-hybridized carbons (Fsp3) is 0.0588. The largest absolute Gasteiger partial charge is 0.467 e.